The zero-order chi connectivity index (χ0) is 39.2. The Labute approximate surface area is 340 Å². The van der Waals surface area contributed by atoms with Gasteiger partial charge in [-0.25, -0.2) is 4.98 Å². The Morgan fingerprint density at radius 2 is 1.05 bits per heavy atom. The monoisotopic (exact) mass is 756 g/mol. The molecule has 0 bridgehead atoms. The summed E-state index contributed by atoms with van der Waals surface area (Å²) < 4.78 is 8.53. The summed E-state index contributed by atoms with van der Waals surface area (Å²) in [5.74, 6) is 1.76. The average molecular weight is 757 g/mol. The molecule has 1 aliphatic carbocycles. The Morgan fingerprint density at radius 1 is 0.424 bits per heavy atom. The summed E-state index contributed by atoms with van der Waals surface area (Å²) in [6.07, 6.45) is 0. The van der Waals surface area contributed by atoms with Crippen LogP contribution in [0.2, 0.25) is 0 Å². The van der Waals surface area contributed by atoms with Gasteiger partial charge in [-0.1, -0.05) is 159 Å². The molecule has 5 heteroatoms. The van der Waals surface area contributed by atoms with Crippen molar-refractivity contribution in [1.82, 2.24) is 19.5 Å². The number of hydrogen-bond acceptors (Lipinski definition) is 4. The smallest absolute Gasteiger partial charge is 0.238 e. The number of aromatic nitrogens is 4. The molecule has 278 valence electrons. The minimum atomic E-state index is -0.260. The van der Waals surface area contributed by atoms with Crippen molar-refractivity contribution in [3.05, 3.63) is 193 Å². The fourth-order valence-electron chi connectivity index (χ4n) is 9.54. The van der Waals surface area contributed by atoms with E-state index in [0.717, 1.165) is 60.6 Å². The topological polar surface area (TPSA) is 56.7 Å². The number of fused-ring (bicyclic) bond motifs is 10. The Morgan fingerprint density at radius 3 is 1.88 bits per heavy atom. The summed E-state index contributed by atoms with van der Waals surface area (Å²) in [6, 6.07) is 64.1. The molecule has 0 fully saturated rings. The fourth-order valence-corrected chi connectivity index (χ4v) is 9.54. The number of para-hydroxylation sites is 2. The first-order valence-corrected chi connectivity index (χ1v) is 20.1. The highest BCUT2D eigenvalue weighted by molar-refractivity contribution is 6.13. The Kier molecular flexibility index (Phi) is 7.20. The summed E-state index contributed by atoms with van der Waals surface area (Å²) in [4.78, 5) is 16.1. The van der Waals surface area contributed by atoms with Crippen molar-refractivity contribution < 1.29 is 4.42 Å². The van der Waals surface area contributed by atoms with Crippen LogP contribution in [0.3, 0.4) is 0 Å². The molecule has 0 aliphatic heterocycles. The molecule has 8 aromatic carbocycles. The van der Waals surface area contributed by atoms with Gasteiger partial charge in [0, 0.05) is 38.1 Å². The third-order valence-corrected chi connectivity index (χ3v) is 12.3. The largest absolute Gasteiger partial charge is 0.456 e. The van der Waals surface area contributed by atoms with Crippen LogP contribution in [0.15, 0.2) is 186 Å². The second-order valence-electron chi connectivity index (χ2n) is 16.0. The van der Waals surface area contributed by atoms with Gasteiger partial charge in [-0.3, -0.25) is 4.57 Å². The minimum Gasteiger partial charge on any atom is -0.456 e. The maximum Gasteiger partial charge on any atom is 0.238 e. The van der Waals surface area contributed by atoms with Gasteiger partial charge >= 0.3 is 0 Å². The maximum atomic E-state index is 6.24. The van der Waals surface area contributed by atoms with Crippen molar-refractivity contribution in [3.8, 4) is 62.1 Å². The van der Waals surface area contributed by atoms with E-state index in [9.17, 15) is 0 Å². The van der Waals surface area contributed by atoms with Crippen LogP contribution < -0.4 is 0 Å². The molecule has 0 unspecified atom stereocenters. The van der Waals surface area contributed by atoms with Gasteiger partial charge in [0.05, 0.1) is 11.0 Å². The molecule has 0 saturated heterocycles. The third kappa shape index (κ3) is 5.08. The van der Waals surface area contributed by atoms with Gasteiger partial charge in [0.1, 0.15) is 11.2 Å². The molecule has 0 spiro atoms. The summed E-state index contributed by atoms with van der Waals surface area (Å²) in [5, 5.41) is 4.42. The number of furan rings is 1. The number of nitrogens with zero attached hydrogens (tertiary/aromatic N) is 4. The summed E-state index contributed by atoms with van der Waals surface area (Å²) in [5.41, 5.74) is 15.1. The zero-order valence-corrected chi connectivity index (χ0v) is 32.5. The van der Waals surface area contributed by atoms with Crippen molar-refractivity contribution in [2.75, 3.05) is 0 Å². The summed E-state index contributed by atoms with van der Waals surface area (Å²) >= 11 is 0. The lowest BCUT2D eigenvalue weighted by atomic mass is 9.81. The molecule has 0 amide bonds. The molecule has 59 heavy (non-hydrogen) atoms. The summed E-state index contributed by atoms with van der Waals surface area (Å²) in [6.45, 7) is 4.68. The van der Waals surface area contributed by atoms with Crippen molar-refractivity contribution in [2.24, 2.45) is 0 Å². The molecular formula is C54H36N4O. The van der Waals surface area contributed by atoms with Gasteiger partial charge in [-0.15, -0.1) is 0 Å². The summed E-state index contributed by atoms with van der Waals surface area (Å²) in [7, 11) is 0. The van der Waals surface area contributed by atoms with E-state index in [0.29, 0.717) is 17.6 Å². The van der Waals surface area contributed by atoms with E-state index in [1.54, 1.807) is 0 Å². The van der Waals surface area contributed by atoms with Crippen LogP contribution in [-0.2, 0) is 5.41 Å². The van der Waals surface area contributed by atoms with Crippen LogP contribution in [-0.4, -0.2) is 19.5 Å². The van der Waals surface area contributed by atoms with Crippen LogP contribution in [0, 0.1) is 0 Å². The number of benzene rings is 8. The SMILES string of the molecule is CC1(C)c2ccccc2-c2ccc3c4ccccc4n(-c4nc(-c5cccc(-c6ccccc6-c6ccccc6)c5)nc(-c5ccc6oc7ccccc7c6c5)n4)c3c21. The Hall–Kier alpha value is -7.63. The van der Waals surface area contributed by atoms with E-state index >= 15 is 0 Å². The predicted octanol–water partition coefficient (Wildman–Crippen LogP) is 13.8. The van der Waals surface area contributed by atoms with Crippen LogP contribution in [0.1, 0.15) is 25.0 Å². The second kappa shape index (κ2) is 12.7. The first-order valence-electron chi connectivity index (χ1n) is 20.1. The number of hydrogen-bond donors (Lipinski definition) is 0. The molecule has 0 radical (unpaired) electrons. The lowest BCUT2D eigenvalue weighted by Gasteiger charge is -2.23. The first kappa shape index (κ1) is 33.5. The van der Waals surface area contributed by atoms with Crippen molar-refractivity contribution >= 4 is 43.7 Å². The van der Waals surface area contributed by atoms with E-state index < -0.39 is 0 Å². The van der Waals surface area contributed by atoms with Crippen molar-refractivity contribution in [2.45, 2.75) is 19.3 Å². The molecule has 0 saturated carbocycles. The standard InChI is InChI=1S/C54H36N4O/c1-54(2)45-24-11-8-21-39(45)42-28-29-43-40-22-9-12-25-46(40)58(50(43)49(42)54)53-56-51(55-52(57-53)36-27-30-48-44(32-36)41-23-10-13-26-47(41)59-48)35-18-14-17-34(31-35)38-20-7-6-19-37(38)33-15-4-3-5-16-33/h3-32H,1-2H3. The lowest BCUT2D eigenvalue weighted by Crippen LogP contribution is -2.17. The second-order valence-corrected chi connectivity index (χ2v) is 16.0. The van der Waals surface area contributed by atoms with E-state index in [1.165, 1.54) is 38.8 Å². The lowest BCUT2D eigenvalue weighted by molar-refractivity contribution is 0.663. The van der Waals surface area contributed by atoms with Crippen molar-refractivity contribution in [3.63, 3.8) is 0 Å². The fraction of sp³-hybridized carbons (Fsp3) is 0.0556. The highest BCUT2D eigenvalue weighted by atomic mass is 16.3. The van der Waals surface area contributed by atoms with Crippen molar-refractivity contribution in [1.29, 1.82) is 0 Å². The highest BCUT2D eigenvalue weighted by Crippen LogP contribution is 2.53. The van der Waals surface area contributed by atoms with Crippen LogP contribution in [0.4, 0.5) is 0 Å². The Balaban J connectivity index is 1.13. The van der Waals surface area contributed by atoms with E-state index in [-0.39, 0.29) is 5.41 Å². The number of rotatable bonds is 5. The van der Waals surface area contributed by atoms with Gasteiger partial charge in [0.2, 0.25) is 5.95 Å². The predicted molar refractivity (Wildman–Crippen MR) is 241 cm³/mol. The molecule has 3 aromatic heterocycles. The molecule has 0 N–H and O–H groups in total. The van der Waals surface area contributed by atoms with Gasteiger partial charge < -0.3 is 4.42 Å². The van der Waals surface area contributed by atoms with Crippen LogP contribution in [0.5, 0.6) is 0 Å². The molecule has 0 atom stereocenters. The zero-order valence-electron chi connectivity index (χ0n) is 32.5. The van der Waals surface area contributed by atoms with Gasteiger partial charge in [0.15, 0.2) is 11.6 Å². The van der Waals surface area contributed by atoms with Crippen LogP contribution in [0.25, 0.3) is 106 Å². The highest BCUT2D eigenvalue weighted by Gasteiger charge is 2.38. The normalized spacial score (nSPS) is 13.1. The average Bonchev–Trinajstić information content (AvgIpc) is 3.91. The van der Waals surface area contributed by atoms with E-state index in [4.69, 9.17) is 19.4 Å². The molecular weight excluding hydrogens is 721 g/mol. The van der Waals surface area contributed by atoms with Gasteiger partial charge in [0.25, 0.3) is 0 Å². The molecule has 1 aliphatic rings. The molecule has 5 nitrogen and oxygen atoms in total. The maximum absolute atomic E-state index is 6.24. The van der Waals surface area contributed by atoms with Crippen LogP contribution >= 0.6 is 0 Å². The third-order valence-electron chi connectivity index (χ3n) is 12.3. The van der Waals surface area contributed by atoms with E-state index in [2.05, 4.69) is 176 Å². The van der Waals surface area contributed by atoms with Gasteiger partial charge in [-0.05, 0) is 80.9 Å². The quantitative estimate of drug-likeness (QED) is 0.175. The molecule has 12 rings (SSSR count). The van der Waals surface area contributed by atoms with E-state index in [1.807, 2.05) is 24.3 Å². The first-order chi connectivity index (χ1) is 29.0. The Bertz CT molecular complexity index is 3480. The minimum absolute atomic E-state index is 0.260. The molecule has 3 heterocycles. The van der Waals surface area contributed by atoms with Gasteiger partial charge in [-0.2, -0.15) is 9.97 Å². The molecule has 11 aromatic rings.